The van der Waals surface area contributed by atoms with E-state index in [-0.39, 0.29) is 21.5 Å². The molecule has 1 aromatic rings. The Bertz CT molecular complexity index is 822. The van der Waals surface area contributed by atoms with Crippen LogP contribution in [0.1, 0.15) is 30.1 Å². The standard InChI is InChI=1S/C14H16ClN3O6S/c1-7(12(19)18-14(21)17-8-2-3-8)24-13(20)10-6-9(25(16,22)23)4-5-11(10)15/h4-8H,2-3H2,1H3,(H2,16,22,23)(H2,17,18,19,21). The molecule has 0 aromatic heterocycles. The van der Waals surface area contributed by atoms with Crippen LogP contribution in [-0.4, -0.2) is 38.5 Å². The number of nitrogens with two attached hydrogens (primary N) is 1. The van der Waals surface area contributed by atoms with Crippen LogP contribution in [0.15, 0.2) is 23.1 Å². The highest BCUT2D eigenvalue weighted by Gasteiger charge is 2.27. The van der Waals surface area contributed by atoms with Gasteiger partial charge in [0.05, 0.1) is 15.5 Å². The van der Waals surface area contributed by atoms with Crippen molar-refractivity contribution in [2.24, 2.45) is 5.14 Å². The summed E-state index contributed by atoms with van der Waals surface area (Å²) in [6.07, 6.45) is 0.405. The summed E-state index contributed by atoms with van der Waals surface area (Å²) in [5.41, 5.74) is -0.268. The molecular formula is C14H16ClN3O6S. The van der Waals surface area contributed by atoms with E-state index in [1.165, 1.54) is 13.0 Å². The van der Waals surface area contributed by atoms with Crippen LogP contribution < -0.4 is 15.8 Å². The number of amides is 3. The first kappa shape index (κ1) is 19.2. The van der Waals surface area contributed by atoms with Gasteiger partial charge in [-0.2, -0.15) is 0 Å². The van der Waals surface area contributed by atoms with Crippen molar-refractivity contribution in [3.63, 3.8) is 0 Å². The van der Waals surface area contributed by atoms with Crippen LogP contribution in [0.5, 0.6) is 0 Å². The van der Waals surface area contributed by atoms with Gasteiger partial charge in [0.1, 0.15) is 0 Å². The molecule has 9 nitrogen and oxygen atoms in total. The van der Waals surface area contributed by atoms with Crippen molar-refractivity contribution in [2.75, 3.05) is 0 Å². The predicted octanol–water partition coefficient (Wildman–Crippen LogP) is 0.521. The predicted molar refractivity (Wildman–Crippen MR) is 87.4 cm³/mol. The summed E-state index contributed by atoms with van der Waals surface area (Å²) in [4.78, 5) is 35.1. The van der Waals surface area contributed by atoms with Crippen molar-refractivity contribution in [3.05, 3.63) is 28.8 Å². The van der Waals surface area contributed by atoms with E-state index in [1.54, 1.807) is 0 Å². The molecule has 2 rings (SSSR count). The molecule has 0 bridgehead atoms. The molecule has 1 fully saturated rings. The lowest BCUT2D eigenvalue weighted by Crippen LogP contribution is -2.45. The van der Waals surface area contributed by atoms with Crippen molar-refractivity contribution < 1.29 is 27.5 Å². The maximum Gasteiger partial charge on any atom is 0.340 e. The fourth-order valence-corrected chi connectivity index (χ4v) is 2.51. The number of carbonyl (C=O) groups excluding carboxylic acids is 3. The highest BCUT2D eigenvalue weighted by atomic mass is 35.5. The van der Waals surface area contributed by atoms with Crippen molar-refractivity contribution in [1.29, 1.82) is 0 Å². The summed E-state index contributed by atoms with van der Waals surface area (Å²) in [5.74, 6) is -1.86. The number of hydrogen-bond donors (Lipinski definition) is 3. The van der Waals surface area contributed by atoms with Crippen LogP contribution in [-0.2, 0) is 19.6 Å². The van der Waals surface area contributed by atoms with E-state index >= 15 is 0 Å². The fraction of sp³-hybridized carbons (Fsp3) is 0.357. The van der Waals surface area contributed by atoms with Crippen LogP contribution in [0.25, 0.3) is 0 Å². The van der Waals surface area contributed by atoms with Gasteiger partial charge in [-0.3, -0.25) is 10.1 Å². The van der Waals surface area contributed by atoms with Crippen molar-refractivity contribution in [1.82, 2.24) is 10.6 Å². The zero-order valence-electron chi connectivity index (χ0n) is 13.1. The lowest BCUT2D eigenvalue weighted by molar-refractivity contribution is -0.127. The smallest absolute Gasteiger partial charge is 0.340 e. The van der Waals surface area contributed by atoms with E-state index in [4.69, 9.17) is 21.5 Å². The normalized spacial score (nSPS) is 15.2. The van der Waals surface area contributed by atoms with E-state index in [0.717, 1.165) is 25.0 Å². The van der Waals surface area contributed by atoms with Crippen molar-refractivity contribution in [3.8, 4) is 0 Å². The van der Waals surface area contributed by atoms with Gasteiger partial charge in [0.15, 0.2) is 6.10 Å². The molecule has 4 N–H and O–H groups in total. The van der Waals surface area contributed by atoms with Gasteiger partial charge in [0.25, 0.3) is 5.91 Å². The number of ether oxygens (including phenoxy) is 1. The van der Waals surface area contributed by atoms with Gasteiger partial charge < -0.3 is 10.1 Å². The fourth-order valence-electron chi connectivity index (χ4n) is 1.78. The molecule has 0 spiro atoms. The summed E-state index contributed by atoms with van der Waals surface area (Å²) in [7, 11) is -4.04. The number of carbonyl (C=O) groups is 3. The number of benzene rings is 1. The topological polar surface area (TPSA) is 145 Å². The number of halogens is 1. The second-order valence-corrected chi connectivity index (χ2v) is 7.44. The largest absolute Gasteiger partial charge is 0.449 e. The van der Waals surface area contributed by atoms with Gasteiger partial charge in [-0.1, -0.05) is 11.6 Å². The molecular weight excluding hydrogens is 374 g/mol. The first-order valence-electron chi connectivity index (χ1n) is 7.22. The monoisotopic (exact) mass is 389 g/mol. The van der Waals surface area contributed by atoms with Gasteiger partial charge in [-0.05, 0) is 38.0 Å². The third-order valence-corrected chi connectivity index (χ3v) is 4.53. The number of esters is 1. The van der Waals surface area contributed by atoms with Gasteiger partial charge in [-0.15, -0.1) is 0 Å². The molecule has 0 heterocycles. The molecule has 0 aliphatic heterocycles. The zero-order valence-corrected chi connectivity index (χ0v) is 14.7. The second-order valence-electron chi connectivity index (χ2n) is 5.47. The molecule has 3 amide bonds. The zero-order chi connectivity index (χ0) is 18.8. The SMILES string of the molecule is CC(OC(=O)c1cc(S(N)(=O)=O)ccc1Cl)C(=O)NC(=O)NC1CC1. The quantitative estimate of drug-likeness (QED) is 0.626. The number of rotatable bonds is 5. The van der Waals surface area contributed by atoms with Gasteiger partial charge in [0.2, 0.25) is 10.0 Å². The molecule has 11 heteroatoms. The van der Waals surface area contributed by atoms with Crippen LogP contribution in [0.3, 0.4) is 0 Å². The molecule has 1 unspecified atom stereocenters. The minimum absolute atomic E-state index is 0.0606. The average molecular weight is 390 g/mol. The Morgan fingerprint density at radius 1 is 1.32 bits per heavy atom. The number of primary sulfonamides is 1. The molecule has 0 radical (unpaired) electrons. The highest BCUT2D eigenvalue weighted by molar-refractivity contribution is 7.89. The van der Waals surface area contributed by atoms with Gasteiger partial charge >= 0.3 is 12.0 Å². The second kappa shape index (κ2) is 7.38. The number of hydrogen-bond acceptors (Lipinski definition) is 6. The molecule has 1 saturated carbocycles. The lowest BCUT2D eigenvalue weighted by atomic mass is 10.2. The van der Waals surface area contributed by atoms with Gasteiger partial charge in [-0.25, -0.2) is 23.1 Å². The Kier molecular flexibility index (Phi) is 5.65. The summed E-state index contributed by atoms with van der Waals surface area (Å²) < 4.78 is 27.6. The highest BCUT2D eigenvalue weighted by Crippen LogP contribution is 2.21. The Labute approximate surface area is 148 Å². The van der Waals surface area contributed by atoms with Crippen LogP contribution in [0.4, 0.5) is 4.79 Å². The summed E-state index contributed by atoms with van der Waals surface area (Å²) >= 11 is 5.85. The van der Waals surface area contributed by atoms with Crippen molar-refractivity contribution >= 4 is 39.5 Å². The van der Waals surface area contributed by atoms with E-state index < -0.39 is 34.0 Å². The van der Waals surface area contributed by atoms with Crippen LogP contribution in [0.2, 0.25) is 5.02 Å². The van der Waals surface area contributed by atoms with E-state index in [2.05, 4.69) is 5.32 Å². The van der Waals surface area contributed by atoms with E-state index in [0.29, 0.717) is 0 Å². The van der Waals surface area contributed by atoms with E-state index in [1.807, 2.05) is 5.32 Å². The molecule has 1 aliphatic carbocycles. The minimum atomic E-state index is -4.04. The maximum atomic E-state index is 12.1. The average Bonchev–Trinajstić information content (AvgIpc) is 3.29. The minimum Gasteiger partial charge on any atom is -0.449 e. The Morgan fingerprint density at radius 2 is 1.96 bits per heavy atom. The molecule has 25 heavy (non-hydrogen) atoms. The number of urea groups is 1. The molecule has 1 aromatic carbocycles. The molecule has 1 atom stereocenters. The first-order valence-corrected chi connectivity index (χ1v) is 9.15. The van der Waals surface area contributed by atoms with Crippen LogP contribution in [0, 0.1) is 0 Å². The third kappa shape index (κ3) is 5.41. The number of sulfonamides is 1. The first-order chi connectivity index (χ1) is 11.6. The summed E-state index contributed by atoms with van der Waals surface area (Å²) in [6.45, 7) is 1.26. The summed E-state index contributed by atoms with van der Waals surface area (Å²) in [6, 6.07) is 2.64. The van der Waals surface area contributed by atoms with E-state index in [9.17, 15) is 22.8 Å². The number of nitrogens with one attached hydrogen (secondary N) is 2. The molecule has 136 valence electrons. The Balaban J connectivity index is 2.02. The molecule has 0 saturated heterocycles. The van der Waals surface area contributed by atoms with Gasteiger partial charge in [0, 0.05) is 6.04 Å². The Morgan fingerprint density at radius 3 is 2.52 bits per heavy atom. The number of imide groups is 1. The third-order valence-electron chi connectivity index (χ3n) is 3.29. The lowest BCUT2D eigenvalue weighted by Gasteiger charge is -2.14. The van der Waals surface area contributed by atoms with Crippen molar-refractivity contribution in [2.45, 2.75) is 36.8 Å². The molecule has 1 aliphatic rings. The maximum absolute atomic E-state index is 12.1. The Hall–Kier alpha value is -2.17. The summed E-state index contributed by atoms with van der Waals surface area (Å²) in [5, 5.41) is 9.51. The van der Waals surface area contributed by atoms with Crippen LogP contribution >= 0.6 is 11.6 Å².